The molecule has 4 fully saturated rings. The van der Waals surface area contributed by atoms with Gasteiger partial charge in [0, 0.05) is 29.7 Å². The van der Waals surface area contributed by atoms with E-state index in [-0.39, 0.29) is 62.9 Å². The third-order valence-electron chi connectivity index (χ3n) is 13.0. The van der Waals surface area contributed by atoms with Gasteiger partial charge in [-0.05, 0) is 112 Å². The van der Waals surface area contributed by atoms with E-state index in [0.717, 1.165) is 51.4 Å². The first-order valence-electron chi connectivity index (χ1n) is 15.7. The van der Waals surface area contributed by atoms with Gasteiger partial charge in [-0.3, -0.25) is 14.4 Å². The van der Waals surface area contributed by atoms with Crippen molar-refractivity contribution in [2.75, 3.05) is 0 Å². The molecule has 0 aromatic carbocycles. The molecular formula is C34H53NO4. The number of carbonyl (C=O) groups is 3. The molecule has 5 aliphatic carbocycles. The van der Waals surface area contributed by atoms with Crippen LogP contribution in [0.25, 0.3) is 0 Å². The van der Waals surface area contributed by atoms with Crippen LogP contribution in [0.4, 0.5) is 0 Å². The Labute approximate surface area is 236 Å². The van der Waals surface area contributed by atoms with Crippen LogP contribution >= 0.6 is 0 Å². The Morgan fingerprint density at radius 1 is 0.897 bits per heavy atom. The molecule has 1 amide bonds. The van der Waals surface area contributed by atoms with Crippen molar-refractivity contribution in [3.8, 4) is 0 Å². The highest BCUT2D eigenvalue weighted by Crippen LogP contribution is 2.71. The number of allylic oxidation sites excluding steroid dienone is 2. The summed E-state index contributed by atoms with van der Waals surface area (Å²) < 4.78 is 5.84. The van der Waals surface area contributed by atoms with Crippen molar-refractivity contribution in [2.45, 2.75) is 132 Å². The monoisotopic (exact) mass is 539 g/mol. The largest absolute Gasteiger partial charge is 0.462 e. The SMILES string of the molecule is CC(=O)O[C@H]1CC[C@]2(C)C3C(=O)C=C4C(CC[C@@]5(C)CC[C@](C)(C(=O)NC(C)C)C[C@@H]45)[C@]3(C)CC[C@H]2C1(C)C. The molecule has 5 rings (SSSR count). The second kappa shape index (κ2) is 9.18. The number of amides is 1. The van der Waals surface area contributed by atoms with Crippen molar-refractivity contribution >= 4 is 17.7 Å². The Hall–Kier alpha value is -1.65. The summed E-state index contributed by atoms with van der Waals surface area (Å²) >= 11 is 0. The van der Waals surface area contributed by atoms with E-state index in [9.17, 15) is 14.4 Å². The fourth-order valence-electron chi connectivity index (χ4n) is 10.9. The van der Waals surface area contributed by atoms with E-state index in [4.69, 9.17) is 4.74 Å². The first-order chi connectivity index (χ1) is 18.0. The molecule has 0 aliphatic heterocycles. The Morgan fingerprint density at radius 2 is 1.56 bits per heavy atom. The molecule has 0 spiro atoms. The maximum atomic E-state index is 14.4. The van der Waals surface area contributed by atoms with Gasteiger partial charge in [-0.15, -0.1) is 0 Å². The highest BCUT2D eigenvalue weighted by molar-refractivity contribution is 5.95. The molecule has 0 bridgehead atoms. The second-order valence-electron chi connectivity index (χ2n) is 16.2. The van der Waals surface area contributed by atoms with Crippen LogP contribution in [0.1, 0.15) is 120 Å². The van der Waals surface area contributed by atoms with E-state index in [1.165, 1.54) is 18.9 Å². The lowest BCUT2D eigenvalue weighted by atomic mass is 9.37. The Balaban J connectivity index is 1.50. The number of ketones is 1. The molecule has 218 valence electrons. The number of carbonyl (C=O) groups excluding carboxylic acids is 3. The van der Waals surface area contributed by atoms with Crippen molar-refractivity contribution in [2.24, 2.45) is 50.7 Å². The molecule has 2 unspecified atom stereocenters. The van der Waals surface area contributed by atoms with E-state index in [1.807, 2.05) is 13.8 Å². The molecule has 0 aromatic heterocycles. The zero-order valence-electron chi connectivity index (χ0n) is 26.0. The van der Waals surface area contributed by atoms with Crippen LogP contribution in [-0.2, 0) is 19.1 Å². The van der Waals surface area contributed by atoms with Crippen LogP contribution in [0, 0.1) is 50.7 Å². The number of ether oxygens (including phenoxy) is 1. The van der Waals surface area contributed by atoms with Gasteiger partial charge in [0.2, 0.25) is 5.91 Å². The van der Waals surface area contributed by atoms with Gasteiger partial charge in [0.05, 0.1) is 0 Å². The quantitative estimate of drug-likeness (QED) is 0.391. The highest BCUT2D eigenvalue weighted by Gasteiger charge is 2.67. The van der Waals surface area contributed by atoms with Gasteiger partial charge in [0.25, 0.3) is 0 Å². The Bertz CT molecular complexity index is 1090. The summed E-state index contributed by atoms with van der Waals surface area (Å²) in [4.78, 5) is 39.6. The van der Waals surface area contributed by atoms with E-state index >= 15 is 0 Å². The maximum absolute atomic E-state index is 14.4. The number of hydrogen-bond acceptors (Lipinski definition) is 4. The predicted molar refractivity (Wildman–Crippen MR) is 154 cm³/mol. The van der Waals surface area contributed by atoms with Crippen molar-refractivity contribution in [3.05, 3.63) is 11.6 Å². The van der Waals surface area contributed by atoms with Gasteiger partial charge >= 0.3 is 5.97 Å². The molecule has 5 aliphatic rings. The average Bonchev–Trinajstić information content (AvgIpc) is 2.80. The molecule has 5 heteroatoms. The standard InChI is InChI=1S/C34H53NO4/c1-20(2)35-29(38)32(7)17-16-31(6)13-10-23-22(24(31)19-32)18-25(37)28-33(23,8)14-11-26-30(4,5)27(39-21(3)36)12-15-34(26,28)9/h18,20,23-24,26-28H,10-17,19H2,1-9H3,(H,35,38)/t23?,24-,26-,27-,28?,31-,32-,33-,34-/m0/s1. The summed E-state index contributed by atoms with van der Waals surface area (Å²) in [7, 11) is 0. The number of nitrogens with one attached hydrogen (secondary N) is 1. The van der Waals surface area contributed by atoms with Gasteiger partial charge in [-0.1, -0.05) is 47.1 Å². The topological polar surface area (TPSA) is 72.5 Å². The van der Waals surface area contributed by atoms with Crippen molar-refractivity contribution in [1.82, 2.24) is 5.32 Å². The van der Waals surface area contributed by atoms with Crippen LogP contribution in [0.5, 0.6) is 0 Å². The lowest BCUT2D eigenvalue weighted by molar-refractivity contribution is -0.200. The van der Waals surface area contributed by atoms with Gasteiger partial charge < -0.3 is 10.1 Å². The molecule has 0 saturated heterocycles. The van der Waals surface area contributed by atoms with Crippen molar-refractivity contribution in [1.29, 1.82) is 0 Å². The minimum absolute atomic E-state index is 0.00127. The molecule has 0 radical (unpaired) electrons. The van der Waals surface area contributed by atoms with Gasteiger partial charge in [-0.2, -0.15) is 0 Å². The third kappa shape index (κ3) is 4.26. The molecule has 5 nitrogen and oxygen atoms in total. The minimum Gasteiger partial charge on any atom is -0.462 e. The van der Waals surface area contributed by atoms with Crippen LogP contribution in [0.15, 0.2) is 11.6 Å². The van der Waals surface area contributed by atoms with E-state index in [2.05, 4.69) is 52.9 Å². The summed E-state index contributed by atoms with van der Waals surface area (Å²) in [5.74, 6) is 1.32. The molecule has 4 saturated carbocycles. The molecule has 0 heterocycles. The van der Waals surface area contributed by atoms with Crippen LogP contribution < -0.4 is 5.32 Å². The number of rotatable bonds is 3. The molecular weight excluding hydrogens is 486 g/mol. The summed E-state index contributed by atoms with van der Waals surface area (Å²) in [6, 6.07) is 0.132. The van der Waals surface area contributed by atoms with E-state index in [0.29, 0.717) is 17.6 Å². The normalized spacial score (nSPS) is 46.7. The summed E-state index contributed by atoms with van der Waals surface area (Å²) in [5, 5.41) is 3.20. The van der Waals surface area contributed by atoms with Crippen LogP contribution in [0.2, 0.25) is 0 Å². The Morgan fingerprint density at radius 3 is 2.21 bits per heavy atom. The van der Waals surface area contributed by atoms with Gasteiger partial charge in [0.1, 0.15) is 6.10 Å². The number of hydrogen-bond donors (Lipinski definition) is 1. The van der Waals surface area contributed by atoms with Gasteiger partial charge in [0.15, 0.2) is 5.78 Å². The maximum Gasteiger partial charge on any atom is 0.302 e. The summed E-state index contributed by atoms with van der Waals surface area (Å²) in [6.07, 6.45) is 11.0. The lowest BCUT2D eigenvalue weighted by Gasteiger charge is -2.67. The Kier molecular flexibility index (Phi) is 6.79. The minimum atomic E-state index is -0.388. The number of fused-ring (bicyclic) bond motifs is 7. The average molecular weight is 540 g/mol. The number of esters is 1. The highest BCUT2D eigenvalue weighted by atomic mass is 16.5. The van der Waals surface area contributed by atoms with Crippen molar-refractivity contribution in [3.63, 3.8) is 0 Å². The lowest BCUT2D eigenvalue weighted by Crippen LogP contribution is -2.64. The van der Waals surface area contributed by atoms with Crippen LogP contribution in [-0.4, -0.2) is 29.8 Å². The smallest absolute Gasteiger partial charge is 0.302 e. The second-order valence-corrected chi connectivity index (χ2v) is 16.2. The molecule has 1 N–H and O–H groups in total. The molecule has 39 heavy (non-hydrogen) atoms. The van der Waals surface area contributed by atoms with Crippen molar-refractivity contribution < 1.29 is 19.1 Å². The first kappa shape index (κ1) is 28.9. The van der Waals surface area contributed by atoms with E-state index in [1.54, 1.807) is 0 Å². The predicted octanol–water partition coefficient (Wildman–Crippen LogP) is 7.03. The van der Waals surface area contributed by atoms with Crippen LogP contribution in [0.3, 0.4) is 0 Å². The third-order valence-corrected chi connectivity index (χ3v) is 13.0. The zero-order chi connectivity index (χ0) is 28.8. The van der Waals surface area contributed by atoms with Gasteiger partial charge in [-0.25, -0.2) is 0 Å². The molecule has 0 aromatic rings. The summed E-state index contributed by atoms with van der Waals surface area (Å²) in [5.41, 5.74) is 0.808. The molecule has 9 atom stereocenters. The summed E-state index contributed by atoms with van der Waals surface area (Å²) in [6.45, 7) is 19.5. The van der Waals surface area contributed by atoms with E-state index < -0.39 is 0 Å². The fraction of sp³-hybridized carbons (Fsp3) is 0.853. The zero-order valence-corrected chi connectivity index (χ0v) is 26.0. The fourth-order valence-corrected chi connectivity index (χ4v) is 10.9. The first-order valence-corrected chi connectivity index (χ1v) is 15.7.